The van der Waals surface area contributed by atoms with Crippen LogP contribution < -0.4 is 10.2 Å². The summed E-state index contributed by atoms with van der Waals surface area (Å²) in [4.78, 5) is 14.1. The quantitative estimate of drug-likeness (QED) is 0.599. The summed E-state index contributed by atoms with van der Waals surface area (Å²) in [6.07, 6.45) is 0.986. The van der Waals surface area contributed by atoms with Gasteiger partial charge >= 0.3 is 0 Å². The summed E-state index contributed by atoms with van der Waals surface area (Å²) in [7, 11) is 0. The van der Waals surface area contributed by atoms with E-state index in [4.69, 9.17) is 27.9 Å². The van der Waals surface area contributed by atoms with Crippen molar-refractivity contribution in [3.05, 3.63) is 50.1 Å². The molecule has 0 bridgehead atoms. The number of hydrogen-bond acceptors (Lipinski definition) is 4. The van der Waals surface area contributed by atoms with Crippen LogP contribution in [0.15, 0.2) is 35.4 Å². The third-order valence-corrected chi connectivity index (χ3v) is 4.84. The highest BCUT2D eigenvalue weighted by molar-refractivity contribution is 7.14. The molecule has 1 N–H and O–H groups in total. The van der Waals surface area contributed by atoms with Crippen molar-refractivity contribution in [3.63, 3.8) is 0 Å². The first-order valence-electron chi connectivity index (χ1n) is 6.99. The van der Waals surface area contributed by atoms with Crippen LogP contribution in [0.4, 0.5) is 0 Å². The van der Waals surface area contributed by atoms with Crippen LogP contribution >= 0.6 is 34.5 Å². The number of hydrazone groups is 1. The highest BCUT2D eigenvalue weighted by Crippen LogP contribution is 2.27. The Morgan fingerprint density at radius 2 is 2.09 bits per heavy atom. The van der Waals surface area contributed by atoms with Gasteiger partial charge in [0, 0.05) is 9.90 Å². The molecular formula is C16H16Cl2N2O2S. The largest absolute Gasteiger partial charge is 0.482 e. The minimum absolute atomic E-state index is 0.178. The van der Waals surface area contributed by atoms with Gasteiger partial charge in [0.2, 0.25) is 0 Å². The number of nitrogens with one attached hydrogen (secondary N) is 1. The molecule has 2 aromatic rings. The first-order chi connectivity index (χ1) is 11.0. The van der Waals surface area contributed by atoms with E-state index in [2.05, 4.69) is 23.5 Å². The van der Waals surface area contributed by atoms with Crippen LogP contribution in [0, 0.1) is 0 Å². The smallest absolute Gasteiger partial charge is 0.277 e. The first kappa shape index (κ1) is 17.8. The predicted octanol–water partition coefficient (Wildman–Crippen LogP) is 4.54. The number of thiophene rings is 1. The SMILES string of the molecule is CCc1ccc(C(C)=NNC(=O)COc2ccc(Cl)cc2Cl)s1. The summed E-state index contributed by atoms with van der Waals surface area (Å²) >= 11 is 13.4. The van der Waals surface area contributed by atoms with Crippen molar-refractivity contribution in [2.24, 2.45) is 5.10 Å². The molecule has 0 spiro atoms. The number of carbonyl (C=O) groups is 1. The molecule has 0 atom stereocenters. The molecule has 4 nitrogen and oxygen atoms in total. The summed E-state index contributed by atoms with van der Waals surface area (Å²) in [5.41, 5.74) is 3.23. The number of carbonyl (C=O) groups excluding carboxylic acids is 1. The molecule has 0 aliphatic rings. The van der Waals surface area contributed by atoms with E-state index in [-0.39, 0.29) is 12.5 Å². The van der Waals surface area contributed by atoms with Gasteiger partial charge < -0.3 is 4.74 Å². The van der Waals surface area contributed by atoms with E-state index >= 15 is 0 Å². The molecular weight excluding hydrogens is 355 g/mol. The fourth-order valence-corrected chi connectivity index (χ4v) is 3.09. The molecule has 0 saturated carbocycles. The summed E-state index contributed by atoms with van der Waals surface area (Å²) < 4.78 is 5.34. The Balaban J connectivity index is 1.88. The molecule has 0 unspecified atom stereocenters. The van der Waals surface area contributed by atoms with Crippen molar-refractivity contribution >= 4 is 46.2 Å². The van der Waals surface area contributed by atoms with Crippen molar-refractivity contribution in [2.75, 3.05) is 6.61 Å². The van der Waals surface area contributed by atoms with Gasteiger partial charge in [0.25, 0.3) is 5.91 Å². The van der Waals surface area contributed by atoms with E-state index in [9.17, 15) is 4.79 Å². The minimum atomic E-state index is -0.359. The highest BCUT2D eigenvalue weighted by atomic mass is 35.5. The number of ether oxygens (including phenoxy) is 1. The van der Waals surface area contributed by atoms with Crippen molar-refractivity contribution in [2.45, 2.75) is 20.3 Å². The molecule has 1 heterocycles. The summed E-state index contributed by atoms with van der Waals surface area (Å²) in [6, 6.07) is 8.88. The van der Waals surface area contributed by atoms with Gasteiger partial charge in [0.1, 0.15) is 5.75 Å². The number of hydrogen-bond donors (Lipinski definition) is 1. The molecule has 1 amide bonds. The lowest BCUT2D eigenvalue weighted by Gasteiger charge is -2.07. The fraction of sp³-hybridized carbons (Fsp3) is 0.250. The van der Waals surface area contributed by atoms with Gasteiger partial charge in [-0.2, -0.15) is 5.10 Å². The second kappa shape index (κ2) is 8.34. The molecule has 2 rings (SSSR count). The standard InChI is InChI=1S/C16H16Cl2N2O2S/c1-3-12-5-7-15(23-12)10(2)19-20-16(21)9-22-14-6-4-11(17)8-13(14)18/h4-8H,3,9H2,1-2H3,(H,20,21). The summed E-state index contributed by atoms with van der Waals surface area (Å²) in [6.45, 7) is 3.77. The van der Waals surface area contributed by atoms with Gasteiger partial charge in [-0.15, -0.1) is 11.3 Å². The molecule has 0 aliphatic carbocycles. The highest BCUT2D eigenvalue weighted by Gasteiger charge is 2.07. The molecule has 23 heavy (non-hydrogen) atoms. The third kappa shape index (κ3) is 5.23. The Bertz CT molecular complexity index is 729. The van der Waals surface area contributed by atoms with Gasteiger partial charge in [-0.25, -0.2) is 5.43 Å². The zero-order valence-corrected chi connectivity index (χ0v) is 15.1. The first-order valence-corrected chi connectivity index (χ1v) is 8.57. The number of aryl methyl sites for hydroxylation is 1. The van der Waals surface area contributed by atoms with E-state index < -0.39 is 0 Å². The molecule has 7 heteroatoms. The normalized spacial score (nSPS) is 11.4. The van der Waals surface area contributed by atoms with E-state index in [1.807, 2.05) is 13.0 Å². The minimum Gasteiger partial charge on any atom is -0.482 e. The van der Waals surface area contributed by atoms with Crippen LogP contribution in [-0.4, -0.2) is 18.2 Å². The van der Waals surface area contributed by atoms with Gasteiger partial charge in [0.05, 0.1) is 15.6 Å². The van der Waals surface area contributed by atoms with Gasteiger partial charge in [-0.1, -0.05) is 30.1 Å². The van der Waals surface area contributed by atoms with Crippen LogP contribution in [-0.2, 0) is 11.2 Å². The third-order valence-electron chi connectivity index (χ3n) is 2.97. The Hall–Kier alpha value is -1.56. The van der Waals surface area contributed by atoms with Crippen molar-refractivity contribution < 1.29 is 9.53 Å². The maximum absolute atomic E-state index is 11.8. The molecule has 1 aromatic carbocycles. The Kier molecular flexibility index (Phi) is 6.45. The number of nitrogens with zero attached hydrogens (tertiary/aromatic N) is 1. The average Bonchev–Trinajstić information content (AvgIpc) is 3.01. The maximum Gasteiger partial charge on any atom is 0.277 e. The second-order valence-electron chi connectivity index (χ2n) is 4.72. The molecule has 1 aromatic heterocycles. The lowest BCUT2D eigenvalue weighted by molar-refractivity contribution is -0.123. The molecule has 0 aliphatic heterocycles. The molecule has 0 fully saturated rings. The average molecular weight is 371 g/mol. The van der Waals surface area contributed by atoms with E-state index in [0.29, 0.717) is 15.8 Å². The zero-order valence-electron chi connectivity index (χ0n) is 12.7. The van der Waals surface area contributed by atoms with Gasteiger partial charge in [0.15, 0.2) is 6.61 Å². The van der Waals surface area contributed by atoms with E-state index in [1.165, 1.54) is 4.88 Å². The van der Waals surface area contributed by atoms with Crippen LogP contribution in [0.25, 0.3) is 0 Å². The number of rotatable bonds is 6. The topological polar surface area (TPSA) is 50.7 Å². The number of amides is 1. The number of halogens is 2. The van der Waals surface area contributed by atoms with Crippen LogP contribution in [0.1, 0.15) is 23.6 Å². The van der Waals surface area contributed by atoms with Crippen LogP contribution in [0.5, 0.6) is 5.75 Å². The van der Waals surface area contributed by atoms with Gasteiger partial charge in [-0.3, -0.25) is 4.79 Å². The van der Waals surface area contributed by atoms with Gasteiger partial charge in [-0.05, 0) is 43.7 Å². The predicted molar refractivity (Wildman–Crippen MR) is 96.0 cm³/mol. The molecule has 0 saturated heterocycles. The van der Waals surface area contributed by atoms with Crippen molar-refractivity contribution in [1.29, 1.82) is 0 Å². The van der Waals surface area contributed by atoms with Crippen LogP contribution in [0.3, 0.4) is 0 Å². The van der Waals surface area contributed by atoms with Crippen molar-refractivity contribution in [1.82, 2.24) is 5.43 Å². The monoisotopic (exact) mass is 370 g/mol. The lowest BCUT2D eigenvalue weighted by Crippen LogP contribution is -2.25. The lowest BCUT2D eigenvalue weighted by atomic mass is 10.3. The van der Waals surface area contributed by atoms with E-state index in [0.717, 1.165) is 17.0 Å². The second-order valence-corrected chi connectivity index (χ2v) is 6.73. The Morgan fingerprint density at radius 3 is 2.74 bits per heavy atom. The summed E-state index contributed by atoms with van der Waals surface area (Å²) in [5, 5.41) is 4.95. The van der Waals surface area contributed by atoms with Crippen molar-refractivity contribution in [3.8, 4) is 5.75 Å². The Labute approximate surface area is 149 Å². The zero-order chi connectivity index (χ0) is 16.8. The fourth-order valence-electron chi connectivity index (χ4n) is 1.73. The molecule has 122 valence electrons. The Morgan fingerprint density at radius 1 is 1.30 bits per heavy atom. The van der Waals surface area contributed by atoms with Crippen LogP contribution in [0.2, 0.25) is 10.0 Å². The number of benzene rings is 1. The molecule has 0 radical (unpaired) electrons. The van der Waals surface area contributed by atoms with E-state index in [1.54, 1.807) is 29.5 Å². The summed E-state index contributed by atoms with van der Waals surface area (Å²) in [5.74, 6) is 0.0420. The maximum atomic E-state index is 11.8.